The molecule has 156 valence electrons. The van der Waals surface area contributed by atoms with Crippen molar-refractivity contribution in [2.45, 2.75) is 38.8 Å². The maximum absolute atomic E-state index is 12.2. The minimum absolute atomic E-state index is 0.167. The summed E-state index contributed by atoms with van der Waals surface area (Å²) in [6.07, 6.45) is 2.86. The largest absolute Gasteiger partial charge is 0.508 e. The lowest BCUT2D eigenvalue weighted by molar-refractivity contribution is 0.170. The predicted octanol–water partition coefficient (Wildman–Crippen LogP) is 4.17. The molecule has 30 heavy (non-hydrogen) atoms. The molecule has 2 aliphatic heterocycles. The fourth-order valence-corrected chi connectivity index (χ4v) is 4.60. The van der Waals surface area contributed by atoms with Gasteiger partial charge in [-0.05, 0) is 60.7 Å². The van der Waals surface area contributed by atoms with Crippen LogP contribution in [0.1, 0.15) is 42.5 Å². The number of fused-ring (bicyclic) bond motifs is 2. The fourth-order valence-electron chi connectivity index (χ4n) is 4.60. The van der Waals surface area contributed by atoms with Crippen LogP contribution < -0.4 is 15.1 Å². The first-order valence-corrected chi connectivity index (χ1v) is 10.5. The van der Waals surface area contributed by atoms with Gasteiger partial charge in [0.2, 0.25) is 0 Å². The van der Waals surface area contributed by atoms with Crippen molar-refractivity contribution >= 4 is 11.0 Å². The number of nitrogens with zero attached hydrogens (tertiary/aromatic N) is 1. The molecule has 1 aromatic heterocycles. The Morgan fingerprint density at radius 1 is 1.07 bits per heavy atom. The molecular formula is C24H25NO5. The van der Waals surface area contributed by atoms with Crippen LogP contribution in [0.4, 0.5) is 0 Å². The van der Waals surface area contributed by atoms with Crippen LogP contribution in [0, 0.1) is 0 Å². The third kappa shape index (κ3) is 3.41. The molecule has 0 saturated carbocycles. The molecule has 0 radical (unpaired) electrons. The van der Waals surface area contributed by atoms with Crippen molar-refractivity contribution in [3.8, 4) is 17.2 Å². The highest BCUT2D eigenvalue weighted by Gasteiger charge is 2.28. The molecule has 0 aliphatic carbocycles. The fraction of sp³-hybridized carbons (Fsp3) is 0.375. The standard InChI is InChI=1S/C24H25NO5/c1-2-15-10-18-17(12-24(27)30-22(18)13-20(15)26)14-25-7-3-4-19(25)16-5-6-21-23(11-16)29-9-8-28-21/h5-6,10-13,19,26H,2-4,7-9,14H2,1H3/t19-/m1/s1. The highest BCUT2D eigenvalue weighted by Crippen LogP contribution is 2.39. The number of aryl methyl sites for hydroxylation is 1. The van der Waals surface area contributed by atoms with Crippen molar-refractivity contribution in [2.75, 3.05) is 19.8 Å². The van der Waals surface area contributed by atoms with Gasteiger partial charge >= 0.3 is 5.63 Å². The summed E-state index contributed by atoms with van der Waals surface area (Å²) in [6, 6.07) is 11.5. The molecule has 2 aliphatic rings. The zero-order valence-corrected chi connectivity index (χ0v) is 17.0. The zero-order chi connectivity index (χ0) is 20.7. The minimum Gasteiger partial charge on any atom is -0.508 e. The molecular weight excluding hydrogens is 382 g/mol. The van der Waals surface area contributed by atoms with Gasteiger partial charge < -0.3 is 19.0 Å². The first kappa shape index (κ1) is 19.0. The normalized spacial score (nSPS) is 18.8. The van der Waals surface area contributed by atoms with Gasteiger partial charge in [0.1, 0.15) is 24.5 Å². The Labute approximate surface area is 174 Å². The van der Waals surface area contributed by atoms with Crippen LogP contribution in [0.15, 0.2) is 45.6 Å². The average Bonchev–Trinajstić information content (AvgIpc) is 3.21. The van der Waals surface area contributed by atoms with E-state index in [0.717, 1.165) is 47.4 Å². The summed E-state index contributed by atoms with van der Waals surface area (Å²) >= 11 is 0. The summed E-state index contributed by atoms with van der Waals surface area (Å²) in [7, 11) is 0. The number of hydrogen-bond acceptors (Lipinski definition) is 6. The van der Waals surface area contributed by atoms with E-state index in [4.69, 9.17) is 13.9 Å². The maximum atomic E-state index is 12.2. The number of ether oxygens (including phenoxy) is 2. The molecule has 3 aromatic rings. The van der Waals surface area contributed by atoms with Crippen LogP contribution in [0.2, 0.25) is 0 Å². The van der Waals surface area contributed by atoms with Crippen molar-refractivity contribution in [3.05, 3.63) is 63.5 Å². The Morgan fingerprint density at radius 2 is 1.90 bits per heavy atom. The first-order valence-electron chi connectivity index (χ1n) is 10.5. The average molecular weight is 407 g/mol. The van der Waals surface area contributed by atoms with E-state index in [1.165, 1.54) is 5.56 Å². The summed E-state index contributed by atoms with van der Waals surface area (Å²) in [4.78, 5) is 14.6. The summed E-state index contributed by atoms with van der Waals surface area (Å²) in [5.74, 6) is 1.77. The van der Waals surface area contributed by atoms with E-state index in [0.29, 0.717) is 31.8 Å². The Bertz CT molecular complexity index is 1150. The van der Waals surface area contributed by atoms with Crippen molar-refractivity contribution < 1.29 is 19.0 Å². The van der Waals surface area contributed by atoms with Crippen LogP contribution in [-0.4, -0.2) is 29.8 Å². The summed E-state index contributed by atoms with van der Waals surface area (Å²) in [6.45, 7) is 4.76. The smallest absolute Gasteiger partial charge is 0.336 e. The van der Waals surface area contributed by atoms with Gasteiger partial charge in [0.25, 0.3) is 0 Å². The quantitative estimate of drug-likeness (QED) is 0.655. The van der Waals surface area contributed by atoms with E-state index in [1.54, 1.807) is 12.1 Å². The van der Waals surface area contributed by atoms with Crippen LogP contribution >= 0.6 is 0 Å². The third-order valence-electron chi connectivity index (χ3n) is 6.10. The van der Waals surface area contributed by atoms with E-state index in [2.05, 4.69) is 17.0 Å². The van der Waals surface area contributed by atoms with E-state index in [9.17, 15) is 9.90 Å². The summed E-state index contributed by atoms with van der Waals surface area (Å²) in [5.41, 5.74) is 3.03. The highest BCUT2D eigenvalue weighted by atomic mass is 16.6. The van der Waals surface area contributed by atoms with Crippen LogP contribution in [0.3, 0.4) is 0 Å². The Hall–Kier alpha value is -2.99. The number of phenols is 1. The van der Waals surface area contributed by atoms with Crippen molar-refractivity contribution in [1.29, 1.82) is 0 Å². The van der Waals surface area contributed by atoms with E-state index < -0.39 is 5.63 Å². The molecule has 0 spiro atoms. The number of benzene rings is 2. The van der Waals surface area contributed by atoms with Gasteiger partial charge in [-0.2, -0.15) is 0 Å². The number of likely N-dealkylation sites (tertiary alicyclic amines) is 1. The summed E-state index contributed by atoms with van der Waals surface area (Å²) < 4.78 is 16.8. The van der Waals surface area contributed by atoms with Gasteiger partial charge in [-0.15, -0.1) is 0 Å². The van der Waals surface area contributed by atoms with Crippen molar-refractivity contribution in [1.82, 2.24) is 4.90 Å². The van der Waals surface area contributed by atoms with Gasteiger partial charge in [0.15, 0.2) is 11.5 Å². The molecule has 2 aromatic carbocycles. The lowest BCUT2D eigenvalue weighted by Gasteiger charge is -2.27. The van der Waals surface area contributed by atoms with E-state index in [-0.39, 0.29) is 11.8 Å². The Kier molecular flexibility index (Phi) is 4.87. The monoisotopic (exact) mass is 407 g/mol. The van der Waals surface area contributed by atoms with Crippen LogP contribution in [-0.2, 0) is 13.0 Å². The Morgan fingerprint density at radius 3 is 2.73 bits per heavy atom. The molecule has 1 fully saturated rings. The number of hydrogen-bond donors (Lipinski definition) is 1. The van der Waals surface area contributed by atoms with Crippen LogP contribution in [0.5, 0.6) is 17.2 Å². The lowest BCUT2D eigenvalue weighted by Crippen LogP contribution is -2.24. The topological polar surface area (TPSA) is 72.1 Å². The highest BCUT2D eigenvalue weighted by molar-refractivity contribution is 5.82. The number of phenolic OH excluding ortho intramolecular Hbond substituents is 1. The first-order chi connectivity index (χ1) is 14.6. The molecule has 0 amide bonds. The SMILES string of the molecule is CCc1cc2c(CN3CCC[C@@H]3c3ccc4c(c3)OCCO4)cc(=O)oc2cc1O. The molecule has 5 rings (SSSR count). The van der Waals surface area contributed by atoms with Gasteiger partial charge in [-0.25, -0.2) is 4.79 Å². The second-order valence-corrected chi connectivity index (χ2v) is 7.95. The lowest BCUT2D eigenvalue weighted by atomic mass is 10.0. The van der Waals surface area contributed by atoms with E-state index >= 15 is 0 Å². The zero-order valence-electron chi connectivity index (χ0n) is 17.0. The van der Waals surface area contributed by atoms with Gasteiger partial charge in [0.05, 0.1) is 0 Å². The van der Waals surface area contributed by atoms with Gasteiger partial charge in [-0.3, -0.25) is 4.90 Å². The molecule has 1 saturated heterocycles. The number of aromatic hydroxyl groups is 1. The minimum atomic E-state index is -0.392. The molecule has 0 bridgehead atoms. The van der Waals surface area contributed by atoms with Crippen LogP contribution in [0.25, 0.3) is 11.0 Å². The second-order valence-electron chi connectivity index (χ2n) is 7.95. The predicted molar refractivity (Wildman–Crippen MR) is 113 cm³/mol. The molecule has 1 atom stereocenters. The third-order valence-corrected chi connectivity index (χ3v) is 6.10. The van der Waals surface area contributed by atoms with Gasteiger partial charge in [0, 0.05) is 30.1 Å². The van der Waals surface area contributed by atoms with Crippen molar-refractivity contribution in [2.24, 2.45) is 0 Å². The Balaban J connectivity index is 1.49. The molecule has 6 heteroatoms. The number of rotatable bonds is 4. The summed E-state index contributed by atoms with van der Waals surface area (Å²) in [5, 5.41) is 11.1. The molecule has 6 nitrogen and oxygen atoms in total. The second kappa shape index (κ2) is 7.69. The van der Waals surface area contributed by atoms with Gasteiger partial charge in [-0.1, -0.05) is 13.0 Å². The van der Waals surface area contributed by atoms with Crippen molar-refractivity contribution in [3.63, 3.8) is 0 Å². The maximum Gasteiger partial charge on any atom is 0.336 e. The van der Waals surface area contributed by atoms with E-state index in [1.807, 2.05) is 19.1 Å². The molecule has 3 heterocycles. The molecule has 1 N–H and O–H groups in total. The molecule has 0 unspecified atom stereocenters.